The molecule has 1 aliphatic carbocycles. The van der Waals surface area contributed by atoms with Crippen LogP contribution in [0.25, 0.3) is 0 Å². The van der Waals surface area contributed by atoms with E-state index in [1.165, 1.54) is 36.2 Å². The molecular weight excluding hydrogens is 208 g/mol. The molecule has 17 heavy (non-hydrogen) atoms. The zero-order valence-electron chi connectivity index (χ0n) is 10.6. The van der Waals surface area contributed by atoms with E-state index in [2.05, 4.69) is 44.2 Å². The fraction of sp³-hybridized carbons (Fsp3) is 0.500. The van der Waals surface area contributed by atoms with Crippen LogP contribution in [0.2, 0.25) is 0 Å². The molecule has 2 aliphatic rings. The first-order valence-electron chi connectivity index (χ1n) is 6.64. The Bertz CT molecular complexity index is 432. The van der Waals surface area contributed by atoms with E-state index in [1.807, 2.05) is 0 Å². The topological polar surface area (TPSA) is 9.23 Å². The standard InChI is InChI=1S/C16H20O/c1-11-12(2)17-16-10-14(8-9-15(11)16)13-6-4-3-5-7-13/h3-7,14-16H,8-10H2,1-2H3. The summed E-state index contributed by atoms with van der Waals surface area (Å²) >= 11 is 0. The van der Waals surface area contributed by atoms with Crippen LogP contribution in [0.15, 0.2) is 41.7 Å². The van der Waals surface area contributed by atoms with Gasteiger partial charge in [-0.3, -0.25) is 0 Å². The SMILES string of the molecule is CC1=C(C)C2CCC(c3ccccc3)CC2O1. The van der Waals surface area contributed by atoms with Crippen molar-refractivity contribution >= 4 is 0 Å². The molecule has 0 radical (unpaired) electrons. The molecule has 1 heteroatoms. The van der Waals surface area contributed by atoms with Gasteiger partial charge in [-0.2, -0.15) is 0 Å². The van der Waals surface area contributed by atoms with Gasteiger partial charge in [0.05, 0.1) is 5.76 Å². The summed E-state index contributed by atoms with van der Waals surface area (Å²) in [5.74, 6) is 2.56. The summed E-state index contributed by atoms with van der Waals surface area (Å²) in [6.07, 6.45) is 4.21. The van der Waals surface area contributed by atoms with Gasteiger partial charge < -0.3 is 4.74 Å². The first kappa shape index (κ1) is 10.9. The highest BCUT2D eigenvalue weighted by Gasteiger charge is 2.38. The molecule has 3 rings (SSSR count). The summed E-state index contributed by atoms with van der Waals surface area (Å²) in [6, 6.07) is 10.9. The molecule has 3 unspecified atom stereocenters. The highest BCUT2D eigenvalue weighted by atomic mass is 16.5. The predicted molar refractivity (Wildman–Crippen MR) is 69.8 cm³/mol. The Morgan fingerprint density at radius 3 is 2.59 bits per heavy atom. The summed E-state index contributed by atoms with van der Waals surface area (Å²) in [6.45, 7) is 4.36. The Morgan fingerprint density at radius 2 is 1.82 bits per heavy atom. The number of hydrogen-bond acceptors (Lipinski definition) is 1. The van der Waals surface area contributed by atoms with Gasteiger partial charge in [-0.25, -0.2) is 0 Å². The van der Waals surface area contributed by atoms with Crippen LogP contribution in [0, 0.1) is 5.92 Å². The summed E-state index contributed by atoms with van der Waals surface area (Å²) in [4.78, 5) is 0. The van der Waals surface area contributed by atoms with E-state index in [9.17, 15) is 0 Å². The lowest BCUT2D eigenvalue weighted by atomic mass is 9.75. The molecule has 0 bridgehead atoms. The minimum Gasteiger partial charge on any atom is -0.494 e. The highest BCUT2D eigenvalue weighted by Crippen LogP contribution is 2.45. The van der Waals surface area contributed by atoms with Gasteiger partial charge in [0, 0.05) is 5.92 Å². The monoisotopic (exact) mass is 228 g/mol. The zero-order valence-corrected chi connectivity index (χ0v) is 10.6. The van der Waals surface area contributed by atoms with Gasteiger partial charge in [0.1, 0.15) is 6.10 Å². The van der Waals surface area contributed by atoms with Crippen molar-refractivity contribution in [3.05, 3.63) is 47.2 Å². The molecule has 90 valence electrons. The average molecular weight is 228 g/mol. The van der Waals surface area contributed by atoms with Crippen molar-refractivity contribution in [2.75, 3.05) is 0 Å². The van der Waals surface area contributed by atoms with Crippen molar-refractivity contribution < 1.29 is 4.74 Å². The zero-order chi connectivity index (χ0) is 11.8. The molecule has 1 heterocycles. The quantitative estimate of drug-likeness (QED) is 0.697. The van der Waals surface area contributed by atoms with E-state index in [0.717, 1.165) is 0 Å². The van der Waals surface area contributed by atoms with Gasteiger partial charge >= 0.3 is 0 Å². The molecular formula is C16H20O. The number of benzene rings is 1. The highest BCUT2D eigenvalue weighted by molar-refractivity contribution is 5.24. The Balaban J connectivity index is 1.75. The molecule has 3 atom stereocenters. The van der Waals surface area contributed by atoms with Crippen LogP contribution in [-0.4, -0.2) is 6.10 Å². The summed E-state index contributed by atoms with van der Waals surface area (Å²) in [5.41, 5.74) is 2.97. The van der Waals surface area contributed by atoms with Gasteiger partial charge in [0.25, 0.3) is 0 Å². The summed E-state index contributed by atoms with van der Waals surface area (Å²) in [7, 11) is 0. The van der Waals surface area contributed by atoms with Gasteiger partial charge in [-0.15, -0.1) is 0 Å². The number of ether oxygens (including phenoxy) is 1. The largest absolute Gasteiger partial charge is 0.494 e. The molecule has 1 aromatic rings. The van der Waals surface area contributed by atoms with E-state index >= 15 is 0 Å². The Labute approximate surface area is 103 Å². The van der Waals surface area contributed by atoms with Gasteiger partial charge in [0.15, 0.2) is 0 Å². The molecule has 1 aliphatic heterocycles. The lowest BCUT2D eigenvalue weighted by Gasteiger charge is -2.32. The van der Waals surface area contributed by atoms with Crippen LogP contribution in [0.3, 0.4) is 0 Å². The fourth-order valence-corrected chi connectivity index (χ4v) is 3.36. The Morgan fingerprint density at radius 1 is 1.06 bits per heavy atom. The molecule has 1 nitrogen and oxygen atoms in total. The second kappa shape index (κ2) is 4.21. The molecule has 1 fully saturated rings. The number of allylic oxidation sites excluding steroid dienone is 1. The average Bonchev–Trinajstić information content (AvgIpc) is 2.66. The van der Waals surface area contributed by atoms with Gasteiger partial charge in [-0.05, 0) is 50.2 Å². The van der Waals surface area contributed by atoms with Crippen LogP contribution in [0.4, 0.5) is 0 Å². The van der Waals surface area contributed by atoms with Crippen molar-refractivity contribution in [1.29, 1.82) is 0 Å². The molecule has 0 spiro atoms. The molecule has 0 N–H and O–H groups in total. The van der Waals surface area contributed by atoms with Crippen LogP contribution in [-0.2, 0) is 4.74 Å². The van der Waals surface area contributed by atoms with E-state index in [1.54, 1.807) is 0 Å². The minimum atomic E-state index is 0.439. The molecule has 0 amide bonds. The lowest BCUT2D eigenvalue weighted by Crippen LogP contribution is -2.27. The van der Waals surface area contributed by atoms with Crippen molar-refractivity contribution in [2.45, 2.75) is 45.1 Å². The number of hydrogen-bond donors (Lipinski definition) is 0. The molecule has 0 saturated heterocycles. The fourth-order valence-electron chi connectivity index (χ4n) is 3.36. The Hall–Kier alpha value is -1.24. The predicted octanol–water partition coefficient (Wildman–Crippen LogP) is 4.26. The first-order valence-corrected chi connectivity index (χ1v) is 6.64. The summed E-state index contributed by atoms with van der Waals surface area (Å²) < 4.78 is 6.01. The van der Waals surface area contributed by atoms with Crippen molar-refractivity contribution in [2.24, 2.45) is 5.92 Å². The third-order valence-electron chi connectivity index (χ3n) is 4.50. The van der Waals surface area contributed by atoms with E-state index in [-0.39, 0.29) is 0 Å². The van der Waals surface area contributed by atoms with E-state index in [0.29, 0.717) is 17.9 Å². The lowest BCUT2D eigenvalue weighted by molar-refractivity contribution is 0.0741. The third-order valence-corrected chi connectivity index (χ3v) is 4.50. The van der Waals surface area contributed by atoms with E-state index < -0.39 is 0 Å². The van der Waals surface area contributed by atoms with Crippen molar-refractivity contribution in [3.8, 4) is 0 Å². The minimum absolute atomic E-state index is 0.439. The van der Waals surface area contributed by atoms with Crippen LogP contribution in [0.1, 0.15) is 44.6 Å². The normalized spacial score (nSPS) is 32.2. The van der Waals surface area contributed by atoms with Gasteiger partial charge in [-0.1, -0.05) is 30.3 Å². The Kier molecular flexibility index (Phi) is 2.70. The van der Waals surface area contributed by atoms with Crippen molar-refractivity contribution in [3.63, 3.8) is 0 Å². The van der Waals surface area contributed by atoms with Crippen LogP contribution in [0.5, 0.6) is 0 Å². The van der Waals surface area contributed by atoms with Crippen molar-refractivity contribution in [1.82, 2.24) is 0 Å². The number of fused-ring (bicyclic) bond motifs is 1. The molecule has 0 aromatic heterocycles. The molecule has 1 aromatic carbocycles. The maximum atomic E-state index is 6.01. The summed E-state index contributed by atoms with van der Waals surface area (Å²) in [5, 5.41) is 0. The van der Waals surface area contributed by atoms with Crippen LogP contribution >= 0.6 is 0 Å². The van der Waals surface area contributed by atoms with Crippen LogP contribution < -0.4 is 0 Å². The number of rotatable bonds is 1. The maximum Gasteiger partial charge on any atom is 0.105 e. The second-order valence-corrected chi connectivity index (χ2v) is 5.42. The second-order valence-electron chi connectivity index (χ2n) is 5.42. The van der Waals surface area contributed by atoms with E-state index in [4.69, 9.17) is 4.74 Å². The maximum absolute atomic E-state index is 6.01. The first-order chi connectivity index (χ1) is 8.25. The van der Waals surface area contributed by atoms with Gasteiger partial charge in [0.2, 0.25) is 0 Å². The third kappa shape index (κ3) is 1.88. The molecule has 1 saturated carbocycles. The smallest absolute Gasteiger partial charge is 0.105 e.